The van der Waals surface area contributed by atoms with Crippen molar-refractivity contribution < 1.29 is 67.3 Å². The first-order valence-electron chi connectivity index (χ1n) is 7.95. The van der Waals surface area contributed by atoms with E-state index in [4.69, 9.17) is 0 Å². The molecule has 2 fully saturated rings. The van der Waals surface area contributed by atoms with Crippen LogP contribution in [0, 0.1) is 17.8 Å². The van der Waals surface area contributed by atoms with Crippen LogP contribution in [0.15, 0.2) is 0 Å². The predicted octanol–water partition coefficient (Wildman–Crippen LogP) is 4.49. The number of hydrogen-bond donors (Lipinski definition) is 2. The molecule has 2 bridgehead atoms. The van der Waals surface area contributed by atoms with E-state index in [2.05, 4.69) is 0 Å². The summed E-state index contributed by atoms with van der Waals surface area (Å²) >= 11 is 0. The molecule has 0 aromatic rings. The van der Waals surface area contributed by atoms with E-state index in [0.29, 0.717) is 0 Å². The summed E-state index contributed by atoms with van der Waals surface area (Å²) in [7, 11) is 0. The molecular weight excluding hydrogens is 447 g/mol. The van der Waals surface area contributed by atoms with Gasteiger partial charge in [0.2, 0.25) is 0 Å². The first-order valence-corrected chi connectivity index (χ1v) is 7.95. The molecule has 5 atom stereocenters. The van der Waals surface area contributed by atoms with Crippen molar-refractivity contribution in [1.29, 1.82) is 0 Å². The molecular formula is C14H13F13O2. The van der Waals surface area contributed by atoms with Crippen molar-refractivity contribution in [2.24, 2.45) is 17.8 Å². The van der Waals surface area contributed by atoms with Gasteiger partial charge in [-0.15, -0.1) is 0 Å². The molecule has 2 aliphatic carbocycles. The summed E-state index contributed by atoms with van der Waals surface area (Å²) in [5.74, 6) is -40.7. The highest BCUT2D eigenvalue weighted by molar-refractivity contribution is 5.11. The van der Waals surface area contributed by atoms with Crippen LogP contribution in [0.4, 0.5) is 57.1 Å². The lowest BCUT2D eigenvalue weighted by molar-refractivity contribution is -0.440. The molecule has 0 spiro atoms. The molecule has 0 radical (unpaired) electrons. The normalized spacial score (nSPS) is 32.2. The molecule has 0 aliphatic heterocycles. The van der Waals surface area contributed by atoms with Gasteiger partial charge in [0, 0.05) is 6.42 Å². The fourth-order valence-corrected chi connectivity index (χ4v) is 3.93. The van der Waals surface area contributed by atoms with Crippen molar-refractivity contribution in [1.82, 2.24) is 0 Å². The van der Waals surface area contributed by atoms with Crippen molar-refractivity contribution in [3.63, 3.8) is 0 Å². The van der Waals surface area contributed by atoms with Crippen molar-refractivity contribution >= 4 is 0 Å². The Balaban J connectivity index is 2.34. The topological polar surface area (TPSA) is 40.5 Å². The predicted molar refractivity (Wildman–Crippen MR) is 67.1 cm³/mol. The van der Waals surface area contributed by atoms with Crippen molar-refractivity contribution in [3.05, 3.63) is 0 Å². The fourth-order valence-electron chi connectivity index (χ4n) is 3.93. The van der Waals surface area contributed by atoms with Gasteiger partial charge in [0.1, 0.15) is 0 Å². The Labute approximate surface area is 153 Å². The molecule has 29 heavy (non-hydrogen) atoms. The Bertz CT molecular complexity index is 627. The number of aliphatic hydroxyl groups excluding tert-OH is 2. The van der Waals surface area contributed by atoms with Crippen LogP contribution in [0.3, 0.4) is 0 Å². The first kappa shape index (κ1) is 24.3. The summed E-state index contributed by atoms with van der Waals surface area (Å²) in [5, 5.41) is 19.0. The Morgan fingerprint density at radius 1 is 0.586 bits per heavy atom. The molecule has 2 N–H and O–H groups in total. The van der Waals surface area contributed by atoms with E-state index in [-0.39, 0.29) is 6.42 Å². The molecule has 5 unspecified atom stereocenters. The minimum Gasteiger partial charge on any atom is -0.390 e. The second kappa shape index (κ2) is 6.50. The summed E-state index contributed by atoms with van der Waals surface area (Å²) in [6, 6.07) is 0. The number of rotatable bonds is 6. The van der Waals surface area contributed by atoms with Gasteiger partial charge in [-0.1, -0.05) is 0 Å². The monoisotopic (exact) mass is 460 g/mol. The van der Waals surface area contributed by atoms with Crippen LogP contribution in [0.25, 0.3) is 0 Å². The molecule has 2 aliphatic rings. The van der Waals surface area contributed by atoms with Gasteiger partial charge < -0.3 is 10.2 Å². The maximum atomic E-state index is 13.9. The van der Waals surface area contributed by atoms with Gasteiger partial charge in [-0.2, -0.15) is 57.1 Å². The van der Waals surface area contributed by atoms with Crippen LogP contribution in [0.2, 0.25) is 0 Å². The van der Waals surface area contributed by atoms with Crippen LogP contribution < -0.4 is 0 Å². The Kier molecular flexibility index (Phi) is 5.44. The highest BCUT2D eigenvalue weighted by Crippen LogP contribution is 2.62. The van der Waals surface area contributed by atoms with Crippen LogP contribution in [-0.4, -0.2) is 58.2 Å². The number of alkyl halides is 13. The standard InChI is InChI=1S/C14H13F13O2/c15-9(16,3-5-1-4-2-6(5)8(29)7(4)28)10(17,18)11(19,20)12(21,22)13(23,24)14(25,26)27/h4-8,28-29H,1-3H2. The van der Waals surface area contributed by atoms with Gasteiger partial charge in [0.05, 0.1) is 12.2 Å². The zero-order chi connectivity index (χ0) is 23.0. The minimum atomic E-state index is -7.91. The van der Waals surface area contributed by atoms with E-state index < -0.39 is 78.6 Å². The molecule has 0 aromatic heterocycles. The van der Waals surface area contributed by atoms with Gasteiger partial charge >= 0.3 is 35.8 Å². The zero-order valence-electron chi connectivity index (χ0n) is 13.8. The van der Waals surface area contributed by atoms with E-state index >= 15 is 0 Å². The van der Waals surface area contributed by atoms with Gasteiger partial charge in [0.15, 0.2) is 0 Å². The molecule has 0 aromatic carbocycles. The second-order valence-electron chi connectivity index (χ2n) is 7.34. The molecule has 2 saturated carbocycles. The quantitative estimate of drug-likeness (QED) is 0.574. The third-order valence-electron chi connectivity index (χ3n) is 5.57. The molecule has 2 nitrogen and oxygen atoms in total. The second-order valence-corrected chi connectivity index (χ2v) is 7.34. The SMILES string of the molecule is OC1C2CC(CC(F)(F)C(F)(F)C(F)(F)C(F)(F)C(F)(F)C(F)(F)F)C(C2)C1O. The Morgan fingerprint density at radius 2 is 1.03 bits per heavy atom. The zero-order valence-corrected chi connectivity index (χ0v) is 13.8. The van der Waals surface area contributed by atoms with Crippen molar-refractivity contribution in [3.8, 4) is 0 Å². The lowest BCUT2D eigenvalue weighted by atomic mass is 9.79. The van der Waals surface area contributed by atoms with Gasteiger partial charge in [-0.05, 0) is 30.6 Å². The lowest BCUT2D eigenvalue weighted by Gasteiger charge is -2.41. The number of halogens is 13. The van der Waals surface area contributed by atoms with Gasteiger partial charge in [-0.3, -0.25) is 0 Å². The summed E-state index contributed by atoms with van der Waals surface area (Å²) in [6.45, 7) is 0. The largest absolute Gasteiger partial charge is 0.460 e. The minimum absolute atomic E-state index is 0.173. The molecule has 2 rings (SSSR count). The van der Waals surface area contributed by atoms with E-state index in [1.807, 2.05) is 0 Å². The molecule has 0 heterocycles. The maximum absolute atomic E-state index is 13.9. The molecule has 172 valence electrons. The number of aliphatic hydroxyl groups is 2. The average molecular weight is 460 g/mol. The van der Waals surface area contributed by atoms with Crippen molar-refractivity contribution in [2.45, 2.75) is 67.3 Å². The van der Waals surface area contributed by atoms with Crippen LogP contribution in [0.5, 0.6) is 0 Å². The summed E-state index contributed by atoms with van der Waals surface area (Å²) in [4.78, 5) is 0. The first-order chi connectivity index (χ1) is 12.6. The molecule has 0 saturated heterocycles. The van der Waals surface area contributed by atoms with E-state index in [9.17, 15) is 67.3 Å². The third-order valence-corrected chi connectivity index (χ3v) is 5.57. The van der Waals surface area contributed by atoms with E-state index in [1.54, 1.807) is 0 Å². The summed E-state index contributed by atoms with van der Waals surface area (Å²) in [5.41, 5.74) is 0. The van der Waals surface area contributed by atoms with Crippen molar-refractivity contribution in [2.75, 3.05) is 0 Å². The Hall–Kier alpha value is -0.990. The highest BCUT2D eigenvalue weighted by Gasteiger charge is 2.90. The fraction of sp³-hybridized carbons (Fsp3) is 1.00. The van der Waals surface area contributed by atoms with Gasteiger partial charge in [-0.25, -0.2) is 0 Å². The van der Waals surface area contributed by atoms with E-state index in [0.717, 1.165) is 0 Å². The molecule has 0 amide bonds. The smallest absolute Gasteiger partial charge is 0.390 e. The van der Waals surface area contributed by atoms with Crippen LogP contribution in [0.1, 0.15) is 19.3 Å². The average Bonchev–Trinajstić information content (AvgIpc) is 3.04. The van der Waals surface area contributed by atoms with Crippen LogP contribution >= 0.6 is 0 Å². The summed E-state index contributed by atoms with van der Waals surface area (Å²) in [6.07, 6.45) is -13.5. The van der Waals surface area contributed by atoms with Gasteiger partial charge in [0.25, 0.3) is 0 Å². The molecule has 15 heteroatoms. The number of hydrogen-bond acceptors (Lipinski definition) is 2. The maximum Gasteiger partial charge on any atom is 0.460 e. The van der Waals surface area contributed by atoms with E-state index in [1.165, 1.54) is 0 Å². The Morgan fingerprint density at radius 3 is 1.41 bits per heavy atom. The number of fused-ring (bicyclic) bond motifs is 2. The summed E-state index contributed by atoms with van der Waals surface area (Å²) < 4.78 is 170. The lowest BCUT2D eigenvalue weighted by Crippen LogP contribution is -2.70. The highest BCUT2D eigenvalue weighted by atomic mass is 19.4. The van der Waals surface area contributed by atoms with Crippen LogP contribution in [-0.2, 0) is 0 Å². The third kappa shape index (κ3) is 3.17.